The van der Waals surface area contributed by atoms with E-state index in [1.165, 1.54) is 5.56 Å². The Bertz CT molecular complexity index is 2240. The van der Waals surface area contributed by atoms with E-state index < -0.39 is 29.7 Å². The Morgan fingerprint density at radius 1 is 0.852 bits per heavy atom. The van der Waals surface area contributed by atoms with Gasteiger partial charge in [-0.3, -0.25) is 28.9 Å². The number of Topliss-reactive ketones (excluding diaryl/α,β-unsaturated/α-hetero) is 1. The van der Waals surface area contributed by atoms with Crippen molar-refractivity contribution in [3.63, 3.8) is 0 Å². The van der Waals surface area contributed by atoms with E-state index in [1.54, 1.807) is 23.2 Å². The minimum atomic E-state index is -1.11. The fourth-order valence-corrected chi connectivity index (χ4v) is 10.1. The number of hydrogen-bond donors (Lipinski definition) is 3. The summed E-state index contributed by atoms with van der Waals surface area (Å²) < 4.78 is 0. The van der Waals surface area contributed by atoms with Crippen LogP contribution in [0.5, 0.6) is 0 Å². The van der Waals surface area contributed by atoms with Crippen molar-refractivity contribution in [1.82, 2.24) is 34.9 Å². The highest BCUT2D eigenvalue weighted by Gasteiger charge is 2.45. The lowest BCUT2D eigenvalue weighted by Crippen LogP contribution is -2.55. The molecule has 7 heterocycles. The highest BCUT2D eigenvalue weighted by molar-refractivity contribution is 6.23. The number of anilines is 4. The van der Waals surface area contributed by atoms with Gasteiger partial charge < -0.3 is 40.9 Å². The van der Waals surface area contributed by atoms with Gasteiger partial charge in [0.15, 0.2) is 17.3 Å². The molecular formula is C44H53N11O6. The van der Waals surface area contributed by atoms with Crippen molar-refractivity contribution >= 4 is 58.5 Å². The fraction of sp³-hybridized carbons (Fsp3) is 0.500. The topological polar surface area (TPSA) is 198 Å². The van der Waals surface area contributed by atoms with E-state index in [4.69, 9.17) is 10.7 Å². The zero-order chi connectivity index (χ0) is 42.4. The van der Waals surface area contributed by atoms with Gasteiger partial charge in [-0.2, -0.15) is 0 Å². The average Bonchev–Trinajstić information content (AvgIpc) is 3.74. The number of carbonyl (C=O) groups is 6. The molecule has 0 radical (unpaired) electrons. The van der Waals surface area contributed by atoms with Gasteiger partial charge in [0.25, 0.3) is 17.7 Å². The highest BCUT2D eigenvalue weighted by Crippen LogP contribution is 2.34. The van der Waals surface area contributed by atoms with Crippen molar-refractivity contribution in [2.75, 3.05) is 87.6 Å². The van der Waals surface area contributed by atoms with Gasteiger partial charge in [-0.15, -0.1) is 0 Å². The number of fused-ring (bicyclic) bond motifs is 1. The van der Waals surface area contributed by atoms with Crippen LogP contribution < -0.4 is 26.2 Å². The molecule has 6 aliphatic heterocycles. The van der Waals surface area contributed by atoms with Crippen molar-refractivity contribution in [3.8, 4) is 0 Å². The van der Waals surface area contributed by atoms with Crippen LogP contribution in [0.1, 0.15) is 87.6 Å². The molecule has 0 bridgehead atoms. The fourth-order valence-electron chi connectivity index (χ4n) is 10.1. The summed E-state index contributed by atoms with van der Waals surface area (Å²) in [6.45, 7) is 7.47. The molecule has 6 amide bonds. The molecule has 6 aliphatic rings. The van der Waals surface area contributed by atoms with Crippen LogP contribution in [0.25, 0.3) is 0 Å². The molecule has 0 spiro atoms. The number of benzene rings is 2. The zero-order valence-corrected chi connectivity index (χ0v) is 34.6. The van der Waals surface area contributed by atoms with Crippen molar-refractivity contribution in [2.45, 2.75) is 62.9 Å². The van der Waals surface area contributed by atoms with Gasteiger partial charge in [-0.1, -0.05) is 12.1 Å². The average molecular weight is 832 g/mol. The van der Waals surface area contributed by atoms with Crippen LogP contribution in [-0.2, 0) is 9.59 Å². The molecule has 320 valence electrons. The molecule has 4 N–H and O–H groups in total. The molecule has 2 aromatic carbocycles. The van der Waals surface area contributed by atoms with Gasteiger partial charge in [0.05, 0.1) is 29.9 Å². The first-order valence-corrected chi connectivity index (χ1v) is 21.6. The minimum Gasteiger partial charge on any atom is -0.371 e. The van der Waals surface area contributed by atoms with E-state index in [9.17, 15) is 28.8 Å². The first kappa shape index (κ1) is 40.3. The lowest BCUT2D eigenvalue weighted by Gasteiger charge is -2.39. The Balaban J connectivity index is 0.782. The SMILES string of the molecule is CN1CCN([C@@H]2CCCN(c3cnc(C(N)=O)c(Nc4ccc(C5CCN(C[C@@H]6CCCN(c7ccc8c(c7)C(=O)N(C7CC(=O)CNC7=O)C8=O)C6)CC5)cc4)n3)C2)C1=O. The molecule has 3 aromatic rings. The zero-order valence-electron chi connectivity index (χ0n) is 34.6. The van der Waals surface area contributed by atoms with Gasteiger partial charge in [-0.25, -0.2) is 14.8 Å². The Morgan fingerprint density at radius 2 is 1.61 bits per heavy atom. The van der Waals surface area contributed by atoms with E-state index in [0.717, 1.165) is 101 Å². The summed E-state index contributed by atoms with van der Waals surface area (Å²) in [6.07, 6.45) is 7.51. The number of likely N-dealkylation sites (N-methyl/N-ethyl adjacent to an activating group) is 1. The van der Waals surface area contributed by atoms with Gasteiger partial charge >= 0.3 is 6.03 Å². The van der Waals surface area contributed by atoms with Crippen molar-refractivity contribution < 1.29 is 28.8 Å². The second-order valence-electron chi connectivity index (χ2n) is 17.4. The monoisotopic (exact) mass is 831 g/mol. The van der Waals surface area contributed by atoms with E-state index in [2.05, 4.69) is 42.5 Å². The molecule has 5 saturated heterocycles. The van der Waals surface area contributed by atoms with E-state index in [0.29, 0.717) is 36.6 Å². The Labute approximate surface area is 354 Å². The molecule has 1 unspecified atom stereocenters. The summed E-state index contributed by atoms with van der Waals surface area (Å²) in [4.78, 5) is 97.2. The van der Waals surface area contributed by atoms with Gasteiger partial charge in [0.2, 0.25) is 5.91 Å². The number of nitrogens with zero attached hydrogens (tertiary/aromatic N) is 8. The quantitative estimate of drug-likeness (QED) is 0.253. The van der Waals surface area contributed by atoms with Crippen LogP contribution in [0, 0.1) is 5.92 Å². The Hall–Kier alpha value is -6.10. The number of nitrogens with two attached hydrogens (primary N) is 1. The van der Waals surface area contributed by atoms with Gasteiger partial charge in [0, 0.05) is 70.7 Å². The summed E-state index contributed by atoms with van der Waals surface area (Å²) in [5.74, 6) is -0.580. The van der Waals surface area contributed by atoms with Gasteiger partial charge in [0.1, 0.15) is 11.9 Å². The Kier molecular flexibility index (Phi) is 11.1. The number of urea groups is 1. The summed E-state index contributed by atoms with van der Waals surface area (Å²) in [7, 11) is 1.83. The minimum absolute atomic E-state index is 0.0595. The number of carbonyl (C=O) groups excluding carboxylic acids is 6. The number of likely N-dealkylation sites (tertiary alicyclic amines) is 1. The van der Waals surface area contributed by atoms with E-state index in [-0.39, 0.29) is 47.6 Å². The third-order valence-electron chi connectivity index (χ3n) is 13.4. The van der Waals surface area contributed by atoms with Crippen LogP contribution in [0.4, 0.5) is 27.8 Å². The number of piperidine rings is 4. The lowest BCUT2D eigenvalue weighted by molar-refractivity contribution is -0.133. The summed E-state index contributed by atoms with van der Waals surface area (Å²) in [5.41, 5.74) is 9.29. The number of aromatic nitrogens is 2. The standard InChI is InChI=1S/C44H53N11O6/c1-50-18-19-54(44(50)61)32-5-3-15-53(26-32)37-23-46-38(39(45)57)40(49-37)48-30-8-6-28(7-9-30)29-12-16-51(17-13-29)24-27-4-2-14-52(25-27)31-10-11-34-35(20-31)43(60)55(42(34)59)36-21-33(56)22-47-41(36)58/h6-11,20,23,27,29,32,36H,2-5,12-19,21-22,24-26H2,1H3,(H2,45,57)(H,47,58)(H,48,49)/t27-,32+,36?/m0/s1. The maximum atomic E-state index is 13.4. The molecular weight excluding hydrogens is 779 g/mol. The predicted molar refractivity (Wildman–Crippen MR) is 227 cm³/mol. The number of hydrogen-bond acceptors (Lipinski definition) is 12. The second-order valence-corrected chi connectivity index (χ2v) is 17.4. The maximum absolute atomic E-state index is 13.4. The lowest BCUT2D eigenvalue weighted by atomic mass is 9.88. The maximum Gasteiger partial charge on any atom is 0.320 e. The molecule has 17 nitrogen and oxygen atoms in total. The third-order valence-corrected chi connectivity index (χ3v) is 13.4. The van der Waals surface area contributed by atoms with Crippen LogP contribution in [0.2, 0.25) is 0 Å². The number of imide groups is 1. The highest BCUT2D eigenvalue weighted by atomic mass is 16.2. The number of ketones is 1. The summed E-state index contributed by atoms with van der Waals surface area (Å²) in [5, 5.41) is 5.80. The third kappa shape index (κ3) is 8.10. The number of amides is 6. The van der Waals surface area contributed by atoms with Crippen LogP contribution in [0.3, 0.4) is 0 Å². The molecule has 0 saturated carbocycles. The first-order chi connectivity index (χ1) is 29.5. The van der Waals surface area contributed by atoms with Gasteiger partial charge in [-0.05, 0) is 99.3 Å². The molecule has 17 heteroatoms. The second kappa shape index (κ2) is 16.7. The molecule has 1 aromatic heterocycles. The van der Waals surface area contributed by atoms with E-state index >= 15 is 0 Å². The number of nitrogens with one attached hydrogen (secondary N) is 2. The molecule has 9 rings (SSSR count). The summed E-state index contributed by atoms with van der Waals surface area (Å²) >= 11 is 0. The smallest absolute Gasteiger partial charge is 0.320 e. The Morgan fingerprint density at radius 3 is 2.36 bits per heavy atom. The van der Waals surface area contributed by atoms with Crippen molar-refractivity contribution in [2.24, 2.45) is 11.7 Å². The molecule has 0 aliphatic carbocycles. The van der Waals surface area contributed by atoms with Crippen LogP contribution >= 0.6 is 0 Å². The number of primary amides is 1. The first-order valence-electron chi connectivity index (χ1n) is 21.6. The predicted octanol–water partition coefficient (Wildman–Crippen LogP) is 2.80. The number of rotatable bonds is 10. The largest absolute Gasteiger partial charge is 0.371 e. The molecule has 5 fully saturated rings. The molecule has 61 heavy (non-hydrogen) atoms. The van der Waals surface area contributed by atoms with Crippen LogP contribution in [-0.4, -0.2) is 150 Å². The van der Waals surface area contributed by atoms with E-state index in [1.807, 2.05) is 30.1 Å². The molecule has 3 atom stereocenters. The summed E-state index contributed by atoms with van der Waals surface area (Å²) in [6, 6.07) is 12.7. The van der Waals surface area contributed by atoms with Crippen LogP contribution in [0.15, 0.2) is 48.7 Å². The van der Waals surface area contributed by atoms with Crippen molar-refractivity contribution in [3.05, 3.63) is 71.0 Å². The van der Waals surface area contributed by atoms with Crippen molar-refractivity contribution in [1.29, 1.82) is 0 Å². The normalized spacial score (nSPS) is 24.1.